The van der Waals surface area contributed by atoms with Crippen LogP contribution >= 0.6 is 0 Å². The maximum absolute atomic E-state index is 12.6. The van der Waals surface area contributed by atoms with E-state index in [0.29, 0.717) is 5.69 Å². The number of rotatable bonds is 1. The molecule has 1 aliphatic rings. The van der Waals surface area contributed by atoms with Gasteiger partial charge >= 0.3 is 6.18 Å². The summed E-state index contributed by atoms with van der Waals surface area (Å²) in [5.41, 5.74) is 1.91. The van der Waals surface area contributed by atoms with E-state index in [1.807, 2.05) is 4.90 Å². The van der Waals surface area contributed by atoms with Gasteiger partial charge in [0.05, 0.1) is 5.56 Å². The number of hydrogen-bond acceptors (Lipinski definition) is 1. The van der Waals surface area contributed by atoms with Crippen LogP contribution in [-0.2, 0) is 17.7 Å². The van der Waals surface area contributed by atoms with E-state index in [-0.39, 0.29) is 5.75 Å². The molecule has 1 heterocycles. The molecule has 2 nitrogen and oxygen atoms in total. The first-order chi connectivity index (χ1) is 9.95. The number of alkyl halides is 3. The Balaban J connectivity index is 1.95. The lowest BCUT2D eigenvalue weighted by molar-refractivity contribution is -0.137. The number of halogens is 3. The third kappa shape index (κ3) is 2.68. The summed E-state index contributed by atoms with van der Waals surface area (Å²) in [7, 11) is 0. The second-order valence-electron chi connectivity index (χ2n) is 5.09. The zero-order chi connectivity index (χ0) is 15.0. The topological polar surface area (TPSA) is 23.1 Å². The molecule has 0 saturated heterocycles. The normalized spacial score (nSPS) is 14.9. The average Bonchev–Trinajstić information content (AvgIpc) is 2.45. The van der Waals surface area contributed by atoms with Crippen LogP contribution in [0.25, 0.3) is 0 Å². The van der Waals surface area contributed by atoms with Crippen LogP contribution in [0.1, 0.15) is 17.5 Å². The molecule has 0 bridgehead atoms. The molecular formula is C16H13F3NO. The summed E-state index contributed by atoms with van der Waals surface area (Å²) >= 11 is 0. The summed E-state index contributed by atoms with van der Waals surface area (Å²) in [5.74, 6) is -0.0389. The SMILES string of the molecule is [O]c1ccc2c(c1)CCCN2c1ccc(C(F)(F)F)cc1. The Hall–Kier alpha value is -2.17. The number of nitrogens with zero attached hydrogens (tertiary/aromatic N) is 1. The Labute approximate surface area is 120 Å². The number of benzene rings is 2. The number of hydrogen-bond donors (Lipinski definition) is 0. The van der Waals surface area contributed by atoms with E-state index >= 15 is 0 Å². The monoisotopic (exact) mass is 292 g/mol. The third-order valence-corrected chi connectivity index (χ3v) is 3.68. The second-order valence-corrected chi connectivity index (χ2v) is 5.09. The molecule has 1 radical (unpaired) electrons. The van der Waals surface area contributed by atoms with Crippen LogP contribution in [0.2, 0.25) is 0 Å². The van der Waals surface area contributed by atoms with Crippen molar-refractivity contribution in [2.24, 2.45) is 0 Å². The third-order valence-electron chi connectivity index (χ3n) is 3.68. The Morgan fingerprint density at radius 3 is 2.38 bits per heavy atom. The minimum absolute atomic E-state index is 0.0389. The first kappa shape index (κ1) is 13.8. The van der Waals surface area contributed by atoms with Gasteiger partial charge in [-0.2, -0.15) is 13.2 Å². The fraction of sp³-hybridized carbons (Fsp3) is 0.250. The van der Waals surface area contributed by atoms with Crippen LogP contribution in [-0.4, -0.2) is 6.54 Å². The molecule has 0 amide bonds. The number of anilines is 2. The van der Waals surface area contributed by atoms with Crippen molar-refractivity contribution in [2.45, 2.75) is 19.0 Å². The molecule has 2 aromatic carbocycles. The summed E-state index contributed by atoms with van der Waals surface area (Å²) in [4.78, 5) is 1.96. The van der Waals surface area contributed by atoms with Gasteiger partial charge in [-0.25, -0.2) is 0 Å². The van der Waals surface area contributed by atoms with Crippen LogP contribution in [0, 0.1) is 0 Å². The van der Waals surface area contributed by atoms with Crippen molar-refractivity contribution in [3.63, 3.8) is 0 Å². The Bertz CT molecular complexity index is 650. The zero-order valence-electron chi connectivity index (χ0n) is 11.2. The molecule has 0 fully saturated rings. The molecule has 1 aliphatic heterocycles. The highest BCUT2D eigenvalue weighted by Gasteiger charge is 2.30. The lowest BCUT2D eigenvalue weighted by atomic mass is 10.0. The van der Waals surface area contributed by atoms with Crippen molar-refractivity contribution in [3.8, 4) is 5.75 Å². The Morgan fingerprint density at radius 1 is 1.00 bits per heavy atom. The van der Waals surface area contributed by atoms with Crippen molar-refractivity contribution in [2.75, 3.05) is 11.4 Å². The summed E-state index contributed by atoms with van der Waals surface area (Å²) in [5, 5.41) is 11.4. The van der Waals surface area contributed by atoms with E-state index in [1.165, 1.54) is 18.2 Å². The van der Waals surface area contributed by atoms with Gasteiger partial charge in [-0.1, -0.05) is 0 Å². The highest BCUT2D eigenvalue weighted by atomic mass is 19.4. The number of fused-ring (bicyclic) bond motifs is 1. The molecule has 3 rings (SSSR count). The van der Waals surface area contributed by atoms with E-state index < -0.39 is 11.7 Å². The van der Waals surface area contributed by atoms with Gasteiger partial charge < -0.3 is 4.90 Å². The van der Waals surface area contributed by atoms with E-state index in [4.69, 9.17) is 0 Å². The molecule has 0 N–H and O–H groups in total. The fourth-order valence-electron chi connectivity index (χ4n) is 2.67. The Kier molecular flexibility index (Phi) is 3.27. The smallest absolute Gasteiger partial charge is 0.341 e. The van der Waals surface area contributed by atoms with Gasteiger partial charge in [0.1, 0.15) is 0 Å². The molecule has 2 aromatic rings. The van der Waals surface area contributed by atoms with Crippen LogP contribution < -0.4 is 4.90 Å². The predicted molar refractivity (Wildman–Crippen MR) is 73.3 cm³/mol. The van der Waals surface area contributed by atoms with Crippen molar-refractivity contribution >= 4 is 11.4 Å². The summed E-state index contributed by atoms with van der Waals surface area (Å²) in [6, 6.07) is 9.96. The van der Waals surface area contributed by atoms with Gasteiger partial charge in [0.2, 0.25) is 0 Å². The fourth-order valence-corrected chi connectivity index (χ4v) is 2.67. The van der Waals surface area contributed by atoms with Crippen molar-refractivity contribution in [1.29, 1.82) is 0 Å². The molecule has 0 aliphatic carbocycles. The summed E-state index contributed by atoms with van der Waals surface area (Å²) < 4.78 is 37.8. The molecule has 0 aromatic heterocycles. The molecule has 109 valence electrons. The maximum atomic E-state index is 12.6. The summed E-state index contributed by atoms with van der Waals surface area (Å²) in [6.07, 6.45) is -2.63. The largest absolute Gasteiger partial charge is 0.416 e. The highest BCUT2D eigenvalue weighted by Crippen LogP contribution is 2.37. The standard InChI is InChI=1S/C16H13F3NO/c17-16(18,19)12-3-5-13(6-4-12)20-9-1-2-11-10-14(21)7-8-15(11)20/h3-8,10H,1-2,9H2. The molecule has 0 spiro atoms. The lowest BCUT2D eigenvalue weighted by Crippen LogP contribution is -2.24. The molecular weight excluding hydrogens is 279 g/mol. The van der Waals surface area contributed by atoms with Crippen molar-refractivity contribution in [3.05, 3.63) is 53.6 Å². The minimum Gasteiger partial charge on any atom is -0.341 e. The lowest BCUT2D eigenvalue weighted by Gasteiger charge is -2.31. The molecule has 5 heteroatoms. The van der Waals surface area contributed by atoms with Gasteiger partial charge in [0, 0.05) is 17.9 Å². The maximum Gasteiger partial charge on any atom is 0.416 e. The minimum atomic E-state index is -4.32. The molecule has 21 heavy (non-hydrogen) atoms. The molecule has 0 saturated carbocycles. The van der Waals surface area contributed by atoms with Gasteiger partial charge in [-0.3, -0.25) is 5.11 Å². The highest BCUT2D eigenvalue weighted by molar-refractivity contribution is 5.68. The zero-order valence-corrected chi connectivity index (χ0v) is 11.2. The molecule has 0 unspecified atom stereocenters. The van der Waals surface area contributed by atoms with Crippen molar-refractivity contribution < 1.29 is 18.3 Å². The van der Waals surface area contributed by atoms with Gasteiger partial charge in [0.25, 0.3) is 0 Å². The van der Waals surface area contributed by atoms with Crippen LogP contribution in [0.5, 0.6) is 5.75 Å². The first-order valence-corrected chi connectivity index (χ1v) is 6.70. The summed E-state index contributed by atoms with van der Waals surface area (Å²) in [6.45, 7) is 0.733. The van der Waals surface area contributed by atoms with E-state index in [0.717, 1.165) is 42.8 Å². The van der Waals surface area contributed by atoms with Crippen molar-refractivity contribution in [1.82, 2.24) is 0 Å². The predicted octanol–water partition coefficient (Wildman–Crippen LogP) is 4.93. The van der Waals surface area contributed by atoms with Gasteiger partial charge in [-0.15, -0.1) is 0 Å². The van der Waals surface area contributed by atoms with Gasteiger partial charge in [0.15, 0.2) is 5.75 Å². The van der Waals surface area contributed by atoms with Crippen LogP contribution in [0.4, 0.5) is 24.5 Å². The van der Waals surface area contributed by atoms with E-state index in [2.05, 4.69) is 0 Å². The van der Waals surface area contributed by atoms with Crippen LogP contribution in [0.3, 0.4) is 0 Å². The quantitative estimate of drug-likeness (QED) is 0.730. The van der Waals surface area contributed by atoms with E-state index in [1.54, 1.807) is 12.1 Å². The van der Waals surface area contributed by atoms with Gasteiger partial charge in [-0.05, 0) is 60.9 Å². The van der Waals surface area contributed by atoms with E-state index in [9.17, 15) is 18.3 Å². The first-order valence-electron chi connectivity index (χ1n) is 6.70. The van der Waals surface area contributed by atoms with Crippen LogP contribution in [0.15, 0.2) is 42.5 Å². The Morgan fingerprint density at radius 2 is 1.71 bits per heavy atom. The number of aryl methyl sites for hydroxylation is 1. The second kappa shape index (κ2) is 4.98. The average molecular weight is 292 g/mol. The molecule has 0 atom stereocenters.